The highest BCUT2D eigenvalue weighted by Gasteiger charge is 2.16. The maximum absolute atomic E-state index is 11.8. The molecule has 0 unspecified atom stereocenters. The van der Waals surface area contributed by atoms with E-state index >= 15 is 0 Å². The minimum absolute atomic E-state index is 0.333. The number of ether oxygens (including phenoxy) is 2. The van der Waals surface area contributed by atoms with E-state index in [1.165, 1.54) is 13.2 Å². The summed E-state index contributed by atoms with van der Waals surface area (Å²) in [5.41, 5.74) is 2.66. The average Bonchev–Trinajstić information content (AvgIpc) is 2.45. The molecule has 0 bridgehead atoms. The zero-order valence-electron chi connectivity index (χ0n) is 12.9. The average molecular weight is 316 g/mol. The van der Waals surface area contributed by atoms with Gasteiger partial charge in [0.15, 0.2) is 11.5 Å². The zero-order valence-corrected chi connectivity index (χ0v) is 13.6. The van der Waals surface area contributed by atoms with Crippen LogP contribution in [0.15, 0.2) is 12.1 Å². The summed E-state index contributed by atoms with van der Waals surface area (Å²) in [6, 6.07) is 3.11. The van der Waals surface area contributed by atoms with E-state index in [4.69, 9.17) is 25.9 Å². The Morgan fingerprint density at radius 2 is 2.10 bits per heavy atom. The second-order valence-electron chi connectivity index (χ2n) is 4.88. The van der Waals surface area contributed by atoms with Gasteiger partial charge in [-0.1, -0.05) is 25.4 Å². The monoisotopic (exact) mass is 315 g/mol. The molecule has 0 fully saturated rings. The number of amides is 1. The standard InChI is InChI=1S/C15H22ClNO4/c1-5-21-17-15(18)11-8-12(16)14(13(9-11)19-4)20-7-6-10(2)3/h8-10H,5-7H2,1-4H3,(H,17,18). The highest BCUT2D eigenvalue weighted by Crippen LogP contribution is 2.36. The SMILES string of the molecule is CCONC(=O)c1cc(Cl)c(OCCC(C)C)c(OC)c1. The number of hydroxylamine groups is 1. The van der Waals surface area contributed by atoms with E-state index in [9.17, 15) is 4.79 Å². The number of carbonyl (C=O) groups excluding carboxylic acids is 1. The molecule has 0 aliphatic rings. The minimum Gasteiger partial charge on any atom is -0.493 e. The van der Waals surface area contributed by atoms with E-state index in [1.807, 2.05) is 0 Å². The first-order valence-electron chi connectivity index (χ1n) is 6.92. The van der Waals surface area contributed by atoms with Gasteiger partial charge >= 0.3 is 0 Å². The minimum atomic E-state index is -0.384. The van der Waals surface area contributed by atoms with Crippen LogP contribution in [0.2, 0.25) is 5.02 Å². The summed E-state index contributed by atoms with van der Waals surface area (Å²) in [4.78, 5) is 16.7. The third kappa shape index (κ3) is 5.44. The van der Waals surface area contributed by atoms with E-state index in [-0.39, 0.29) is 5.91 Å². The Bertz CT molecular complexity index is 477. The summed E-state index contributed by atoms with van der Waals surface area (Å²) in [7, 11) is 1.51. The van der Waals surface area contributed by atoms with Crippen molar-refractivity contribution in [1.82, 2.24) is 5.48 Å². The van der Waals surface area contributed by atoms with Gasteiger partial charge in [-0.05, 0) is 31.4 Å². The van der Waals surface area contributed by atoms with Gasteiger partial charge in [-0.3, -0.25) is 9.63 Å². The molecule has 0 spiro atoms. The molecule has 1 amide bonds. The molecule has 1 aromatic rings. The first-order valence-corrected chi connectivity index (χ1v) is 7.29. The fourth-order valence-corrected chi connectivity index (χ4v) is 1.85. The van der Waals surface area contributed by atoms with Crippen molar-refractivity contribution in [3.8, 4) is 11.5 Å². The van der Waals surface area contributed by atoms with Crippen LogP contribution >= 0.6 is 11.6 Å². The molecule has 5 nitrogen and oxygen atoms in total. The molecular weight excluding hydrogens is 294 g/mol. The molecule has 0 aliphatic carbocycles. The van der Waals surface area contributed by atoms with Gasteiger partial charge in [0.1, 0.15) is 0 Å². The van der Waals surface area contributed by atoms with E-state index in [1.54, 1.807) is 13.0 Å². The topological polar surface area (TPSA) is 56.8 Å². The van der Waals surface area contributed by atoms with Crippen LogP contribution in [-0.2, 0) is 4.84 Å². The zero-order chi connectivity index (χ0) is 15.8. The first kappa shape index (κ1) is 17.6. The summed E-state index contributed by atoms with van der Waals surface area (Å²) in [5, 5.41) is 0.333. The summed E-state index contributed by atoms with van der Waals surface area (Å²) in [5.74, 6) is 1.03. The van der Waals surface area contributed by atoms with Crippen LogP contribution in [0.1, 0.15) is 37.6 Å². The number of hydrogen-bond acceptors (Lipinski definition) is 4. The van der Waals surface area contributed by atoms with Gasteiger partial charge in [0.05, 0.1) is 25.3 Å². The molecule has 0 heterocycles. The maximum atomic E-state index is 11.8. The van der Waals surface area contributed by atoms with Gasteiger partial charge in [-0.2, -0.15) is 0 Å². The third-order valence-electron chi connectivity index (χ3n) is 2.74. The fraction of sp³-hybridized carbons (Fsp3) is 0.533. The number of benzene rings is 1. The van der Waals surface area contributed by atoms with E-state index in [2.05, 4.69) is 19.3 Å². The van der Waals surface area contributed by atoms with Gasteiger partial charge in [0.25, 0.3) is 5.91 Å². The van der Waals surface area contributed by atoms with Crippen LogP contribution in [0.5, 0.6) is 11.5 Å². The predicted molar refractivity (Wildman–Crippen MR) is 82.0 cm³/mol. The highest BCUT2D eigenvalue weighted by atomic mass is 35.5. The molecule has 0 atom stereocenters. The lowest BCUT2D eigenvalue weighted by Gasteiger charge is -2.14. The highest BCUT2D eigenvalue weighted by molar-refractivity contribution is 6.32. The summed E-state index contributed by atoms with van der Waals surface area (Å²) in [6.45, 7) is 6.93. The third-order valence-corrected chi connectivity index (χ3v) is 3.02. The Balaban J connectivity index is 2.88. The van der Waals surface area contributed by atoms with Gasteiger partial charge in [0, 0.05) is 5.56 Å². The molecule has 1 aromatic carbocycles. The van der Waals surface area contributed by atoms with Crippen LogP contribution in [0.25, 0.3) is 0 Å². The van der Waals surface area contributed by atoms with Crippen molar-refractivity contribution in [2.45, 2.75) is 27.2 Å². The second kappa shape index (κ2) is 8.74. The molecule has 0 aliphatic heterocycles. The second-order valence-corrected chi connectivity index (χ2v) is 5.29. The van der Waals surface area contributed by atoms with E-state index in [0.29, 0.717) is 41.2 Å². The largest absolute Gasteiger partial charge is 0.493 e. The first-order chi connectivity index (χ1) is 9.99. The summed E-state index contributed by atoms with van der Waals surface area (Å²) < 4.78 is 10.9. The van der Waals surface area contributed by atoms with Crippen molar-refractivity contribution >= 4 is 17.5 Å². The Morgan fingerprint density at radius 1 is 1.38 bits per heavy atom. The van der Waals surface area contributed by atoms with Gasteiger partial charge < -0.3 is 9.47 Å². The van der Waals surface area contributed by atoms with Crippen molar-refractivity contribution in [3.63, 3.8) is 0 Å². The quantitative estimate of drug-likeness (QED) is 0.746. The van der Waals surface area contributed by atoms with Crippen LogP contribution < -0.4 is 15.0 Å². The van der Waals surface area contributed by atoms with Crippen molar-refractivity contribution in [3.05, 3.63) is 22.7 Å². The summed E-state index contributed by atoms with van der Waals surface area (Å²) >= 11 is 6.18. The lowest BCUT2D eigenvalue weighted by atomic mass is 10.1. The number of rotatable bonds is 8. The smallest absolute Gasteiger partial charge is 0.275 e. The van der Waals surface area contributed by atoms with Crippen molar-refractivity contribution in [1.29, 1.82) is 0 Å². The molecule has 118 valence electrons. The fourth-order valence-electron chi connectivity index (χ4n) is 1.58. The van der Waals surface area contributed by atoms with Gasteiger partial charge in [0.2, 0.25) is 0 Å². The van der Waals surface area contributed by atoms with Crippen molar-refractivity contribution in [2.24, 2.45) is 5.92 Å². The summed E-state index contributed by atoms with van der Waals surface area (Å²) in [6.07, 6.45) is 0.909. The van der Waals surface area contributed by atoms with Crippen molar-refractivity contribution in [2.75, 3.05) is 20.3 Å². The number of nitrogens with one attached hydrogen (secondary N) is 1. The number of halogens is 1. The Hall–Kier alpha value is -1.46. The molecule has 0 aromatic heterocycles. The molecule has 1 N–H and O–H groups in total. The Labute approximate surface area is 130 Å². The molecule has 0 saturated carbocycles. The lowest BCUT2D eigenvalue weighted by molar-refractivity contribution is 0.0364. The lowest BCUT2D eigenvalue weighted by Crippen LogP contribution is -2.23. The molecule has 21 heavy (non-hydrogen) atoms. The predicted octanol–water partition coefficient (Wildman–Crippen LogP) is 3.45. The molecular formula is C15H22ClNO4. The maximum Gasteiger partial charge on any atom is 0.275 e. The molecule has 1 rings (SSSR count). The van der Waals surface area contributed by atoms with Crippen LogP contribution in [0.4, 0.5) is 0 Å². The van der Waals surface area contributed by atoms with Gasteiger partial charge in [-0.15, -0.1) is 0 Å². The number of methoxy groups -OCH3 is 1. The van der Waals surface area contributed by atoms with Crippen LogP contribution in [-0.4, -0.2) is 26.2 Å². The number of hydrogen-bond donors (Lipinski definition) is 1. The van der Waals surface area contributed by atoms with E-state index in [0.717, 1.165) is 6.42 Å². The van der Waals surface area contributed by atoms with Gasteiger partial charge in [-0.25, -0.2) is 5.48 Å². The number of carbonyl (C=O) groups is 1. The normalized spacial score (nSPS) is 10.6. The van der Waals surface area contributed by atoms with Crippen LogP contribution in [0, 0.1) is 5.92 Å². The van der Waals surface area contributed by atoms with E-state index < -0.39 is 0 Å². The Kier molecular flexibility index (Phi) is 7.32. The molecule has 6 heteroatoms. The Morgan fingerprint density at radius 3 is 2.67 bits per heavy atom. The molecule has 0 saturated heterocycles. The van der Waals surface area contributed by atoms with Crippen LogP contribution in [0.3, 0.4) is 0 Å². The van der Waals surface area contributed by atoms with Crippen molar-refractivity contribution < 1.29 is 19.1 Å². The molecule has 0 radical (unpaired) electrons.